The third-order valence-corrected chi connectivity index (χ3v) is 4.17. The molecule has 0 aliphatic carbocycles. The number of para-hydroxylation sites is 1. The molecule has 1 aromatic rings. The fraction of sp³-hybridized carbons (Fsp3) is 0.556. The first-order chi connectivity index (χ1) is 10.4. The lowest BCUT2D eigenvalue weighted by Crippen LogP contribution is -2.30. The zero-order valence-electron chi connectivity index (χ0n) is 14.3. The number of carbonyl (C=O) groups is 1. The van der Waals surface area contributed by atoms with Crippen LogP contribution in [0.1, 0.15) is 45.6 Å². The Hall–Kier alpha value is -1.84. The molecule has 1 aliphatic rings. The van der Waals surface area contributed by atoms with Crippen molar-refractivity contribution in [3.8, 4) is 0 Å². The van der Waals surface area contributed by atoms with E-state index in [4.69, 9.17) is 0 Å². The van der Waals surface area contributed by atoms with E-state index in [1.165, 1.54) is 5.56 Å². The van der Waals surface area contributed by atoms with E-state index in [9.17, 15) is 4.79 Å². The van der Waals surface area contributed by atoms with E-state index < -0.39 is 0 Å². The van der Waals surface area contributed by atoms with Gasteiger partial charge in [-0.1, -0.05) is 39.0 Å². The van der Waals surface area contributed by atoms with Crippen LogP contribution in [-0.2, 0) is 4.79 Å². The van der Waals surface area contributed by atoms with Gasteiger partial charge in [0, 0.05) is 18.4 Å². The van der Waals surface area contributed by atoms with Crippen LogP contribution >= 0.6 is 0 Å². The second kappa shape index (κ2) is 6.95. The van der Waals surface area contributed by atoms with Crippen LogP contribution in [0.25, 0.3) is 0 Å². The van der Waals surface area contributed by atoms with Crippen molar-refractivity contribution in [2.24, 2.45) is 16.9 Å². The van der Waals surface area contributed by atoms with Gasteiger partial charge in [-0.3, -0.25) is 9.80 Å². The first-order valence-electron chi connectivity index (χ1n) is 8.04. The van der Waals surface area contributed by atoms with Crippen molar-refractivity contribution in [1.82, 2.24) is 5.01 Å². The monoisotopic (exact) mass is 301 g/mol. The van der Waals surface area contributed by atoms with Gasteiger partial charge in [-0.05, 0) is 36.8 Å². The SMILES string of the molecule is CC1=NN(C)CC1C(=O)Nc1ccccc1C(C)CC(C)C. The van der Waals surface area contributed by atoms with Crippen LogP contribution < -0.4 is 5.32 Å². The number of hydrogen-bond donors (Lipinski definition) is 1. The standard InChI is InChI=1S/C18H27N3O/c1-12(2)10-13(3)15-8-6-7-9-17(15)19-18(22)16-11-21(5)20-14(16)4/h6-9,12-13,16H,10-11H2,1-5H3,(H,19,22). The topological polar surface area (TPSA) is 44.7 Å². The lowest BCUT2D eigenvalue weighted by molar-refractivity contribution is -0.118. The van der Waals surface area contributed by atoms with Crippen LogP contribution in [0.3, 0.4) is 0 Å². The minimum absolute atomic E-state index is 0.0368. The highest BCUT2D eigenvalue weighted by molar-refractivity contribution is 6.09. The number of nitrogens with zero attached hydrogens (tertiary/aromatic N) is 2. The minimum Gasteiger partial charge on any atom is -0.325 e. The number of rotatable bonds is 5. The van der Waals surface area contributed by atoms with Gasteiger partial charge in [-0.25, -0.2) is 0 Å². The Morgan fingerprint density at radius 2 is 2.05 bits per heavy atom. The molecule has 1 aliphatic heterocycles. The molecule has 1 amide bonds. The van der Waals surface area contributed by atoms with Crippen molar-refractivity contribution in [2.45, 2.75) is 40.0 Å². The minimum atomic E-state index is -0.154. The highest BCUT2D eigenvalue weighted by Gasteiger charge is 2.28. The molecule has 0 bridgehead atoms. The summed E-state index contributed by atoms with van der Waals surface area (Å²) in [5.74, 6) is 0.947. The average Bonchev–Trinajstić information content (AvgIpc) is 2.77. The quantitative estimate of drug-likeness (QED) is 0.901. The van der Waals surface area contributed by atoms with E-state index >= 15 is 0 Å². The van der Waals surface area contributed by atoms with Gasteiger partial charge < -0.3 is 5.32 Å². The molecule has 120 valence electrons. The van der Waals surface area contributed by atoms with Gasteiger partial charge in [0.2, 0.25) is 5.91 Å². The molecule has 1 N–H and O–H groups in total. The van der Waals surface area contributed by atoms with Crippen LogP contribution in [0.5, 0.6) is 0 Å². The molecule has 1 heterocycles. The molecule has 4 heteroatoms. The van der Waals surface area contributed by atoms with E-state index in [-0.39, 0.29) is 11.8 Å². The van der Waals surface area contributed by atoms with Crippen molar-refractivity contribution in [1.29, 1.82) is 0 Å². The maximum Gasteiger partial charge on any atom is 0.235 e. The maximum atomic E-state index is 12.5. The smallest absolute Gasteiger partial charge is 0.235 e. The van der Waals surface area contributed by atoms with Crippen molar-refractivity contribution in [3.63, 3.8) is 0 Å². The predicted octanol–water partition coefficient (Wildman–Crippen LogP) is 3.71. The molecule has 1 aromatic carbocycles. The van der Waals surface area contributed by atoms with Gasteiger partial charge in [0.1, 0.15) is 0 Å². The molecule has 2 rings (SSSR count). The lowest BCUT2D eigenvalue weighted by Gasteiger charge is -2.20. The van der Waals surface area contributed by atoms with Crippen LogP contribution in [0.2, 0.25) is 0 Å². The zero-order valence-corrected chi connectivity index (χ0v) is 14.3. The normalized spacial score (nSPS) is 19.3. The maximum absolute atomic E-state index is 12.5. The number of hydrazone groups is 1. The summed E-state index contributed by atoms with van der Waals surface area (Å²) in [4.78, 5) is 12.5. The van der Waals surface area contributed by atoms with Crippen LogP contribution in [0.15, 0.2) is 29.4 Å². The number of nitrogens with one attached hydrogen (secondary N) is 1. The molecule has 0 saturated carbocycles. The second-order valence-corrected chi connectivity index (χ2v) is 6.74. The molecule has 4 nitrogen and oxygen atoms in total. The molecule has 2 unspecified atom stereocenters. The summed E-state index contributed by atoms with van der Waals surface area (Å²) in [6.45, 7) is 9.25. The Kier molecular flexibility index (Phi) is 5.22. The van der Waals surface area contributed by atoms with Crippen molar-refractivity contribution < 1.29 is 4.79 Å². The fourth-order valence-electron chi connectivity index (χ4n) is 3.14. The largest absolute Gasteiger partial charge is 0.325 e. The molecule has 0 radical (unpaired) electrons. The summed E-state index contributed by atoms with van der Waals surface area (Å²) in [5, 5.41) is 9.26. The third-order valence-electron chi connectivity index (χ3n) is 4.17. The van der Waals surface area contributed by atoms with Gasteiger partial charge in [0.05, 0.1) is 12.5 Å². The Bertz CT molecular complexity index is 565. The van der Waals surface area contributed by atoms with E-state index in [0.29, 0.717) is 18.4 Å². The van der Waals surface area contributed by atoms with Crippen LogP contribution in [0.4, 0.5) is 5.69 Å². The van der Waals surface area contributed by atoms with Gasteiger partial charge >= 0.3 is 0 Å². The summed E-state index contributed by atoms with van der Waals surface area (Å²) in [7, 11) is 1.90. The highest BCUT2D eigenvalue weighted by atomic mass is 16.2. The van der Waals surface area contributed by atoms with E-state index in [1.54, 1.807) is 0 Å². The van der Waals surface area contributed by atoms with Crippen molar-refractivity contribution in [2.75, 3.05) is 18.9 Å². The first kappa shape index (κ1) is 16.5. The predicted molar refractivity (Wildman–Crippen MR) is 92.2 cm³/mol. The summed E-state index contributed by atoms with van der Waals surface area (Å²) in [5.41, 5.74) is 3.03. The lowest BCUT2D eigenvalue weighted by atomic mass is 9.90. The number of anilines is 1. The van der Waals surface area contributed by atoms with E-state index in [1.807, 2.05) is 37.2 Å². The first-order valence-corrected chi connectivity index (χ1v) is 8.04. The molecule has 0 aromatic heterocycles. The van der Waals surface area contributed by atoms with Crippen LogP contribution in [-0.4, -0.2) is 30.2 Å². The summed E-state index contributed by atoms with van der Waals surface area (Å²) >= 11 is 0. The highest BCUT2D eigenvalue weighted by Crippen LogP contribution is 2.29. The number of hydrogen-bond acceptors (Lipinski definition) is 3. The van der Waals surface area contributed by atoms with Crippen LogP contribution in [0, 0.1) is 11.8 Å². The van der Waals surface area contributed by atoms with Gasteiger partial charge in [-0.2, -0.15) is 5.10 Å². The average molecular weight is 301 g/mol. The summed E-state index contributed by atoms with van der Waals surface area (Å²) < 4.78 is 0. The summed E-state index contributed by atoms with van der Waals surface area (Å²) in [6, 6.07) is 8.13. The Labute approximate surface area is 133 Å². The molecule has 0 saturated heterocycles. The molecule has 0 fully saturated rings. The Morgan fingerprint density at radius 3 is 2.64 bits per heavy atom. The van der Waals surface area contributed by atoms with E-state index in [0.717, 1.165) is 17.8 Å². The summed E-state index contributed by atoms with van der Waals surface area (Å²) in [6.07, 6.45) is 1.11. The molecule has 22 heavy (non-hydrogen) atoms. The zero-order chi connectivity index (χ0) is 16.3. The molecular weight excluding hydrogens is 274 g/mol. The van der Waals surface area contributed by atoms with E-state index in [2.05, 4.69) is 37.3 Å². The van der Waals surface area contributed by atoms with Gasteiger partial charge in [-0.15, -0.1) is 0 Å². The number of amides is 1. The Balaban J connectivity index is 2.13. The third kappa shape index (κ3) is 3.87. The molecular formula is C18H27N3O. The number of carbonyl (C=O) groups excluding carboxylic acids is 1. The second-order valence-electron chi connectivity index (χ2n) is 6.74. The van der Waals surface area contributed by atoms with Gasteiger partial charge in [0.25, 0.3) is 0 Å². The molecule has 0 spiro atoms. The van der Waals surface area contributed by atoms with Crippen molar-refractivity contribution >= 4 is 17.3 Å². The van der Waals surface area contributed by atoms with Gasteiger partial charge in [0.15, 0.2) is 0 Å². The Morgan fingerprint density at radius 1 is 1.36 bits per heavy atom. The van der Waals surface area contributed by atoms with Crippen molar-refractivity contribution in [3.05, 3.63) is 29.8 Å². The fourth-order valence-corrected chi connectivity index (χ4v) is 3.14. The molecule has 2 atom stereocenters. The number of benzene rings is 1.